The van der Waals surface area contributed by atoms with Gasteiger partial charge >= 0.3 is 0 Å². The van der Waals surface area contributed by atoms with E-state index in [2.05, 4.69) is 44.0 Å². The van der Waals surface area contributed by atoms with E-state index in [1.807, 2.05) is 30.3 Å². The molecule has 0 aromatic heterocycles. The second kappa shape index (κ2) is 6.20. The lowest BCUT2D eigenvalue weighted by molar-refractivity contribution is 0.718. The third-order valence-electron chi connectivity index (χ3n) is 2.71. The molecule has 1 nitrogen and oxygen atoms in total. The van der Waals surface area contributed by atoms with E-state index in [4.69, 9.17) is 17.3 Å². The molecule has 0 aliphatic rings. The van der Waals surface area contributed by atoms with Crippen molar-refractivity contribution in [1.82, 2.24) is 0 Å². The molecular formula is C14H12Br2ClN. The molecule has 0 radical (unpaired) electrons. The minimum absolute atomic E-state index is 0.0501. The summed E-state index contributed by atoms with van der Waals surface area (Å²) in [6.45, 7) is 0. The fourth-order valence-electron chi connectivity index (χ4n) is 1.83. The summed E-state index contributed by atoms with van der Waals surface area (Å²) in [5, 5.41) is 0.709. The standard InChI is InChI=1S/C14H12Br2ClN/c15-10-3-1-2-9(6-10)7-14(18)12-5-4-11(17)8-13(12)16/h1-6,8,14H,7,18H2. The van der Waals surface area contributed by atoms with Crippen LogP contribution in [-0.2, 0) is 6.42 Å². The second-order valence-electron chi connectivity index (χ2n) is 4.11. The maximum absolute atomic E-state index is 6.24. The smallest absolute Gasteiger partial charge is 0.0417 e. The lowest BCUT2D eigenvalue weighted by atomic mass is 10.00. The van der Waals surface area contributed by atoms with Crippen LogP contribution in [0, 0.1) is 0 Å². The predicted octanol–water partition coefficient (Wildman–Crippen LogP) is 5.11. The van der Waals surface area contributed by atoms with Gasteiger partial charge in [-0.15, -0.1) is 0 Å². The van der Waals surface area contributed by atoms with Gasteiger partial charge in [0, 0.05) is 20.0 Å². The summed E-state index contributed by atoms with van der Waals surface area (Å²) in [7, 11) is 0. The summed E-state index contributed by atoms with van der Waals surface area (Å²) in [4.78, 5) is 0. The molecule has 0 bridgehead atoms. The molecule has 18 heavy (non-hydrogen) atoms. The van der Waals surface area contributed by atoms with Crippen LogP contribution >= 0.6 is 43.5 Å². The molecule has 0 fully saturated rings. The predicted molar refractivity (Wildman–Crippen MR) is 83.9 cm³/mol. The van der Waals surface area contributed by atoms with E-state index < -0.39 is 0 Å². The Balaban J connectivity index is 2.19. The molecule has 0 spiro atoms. The van der Waals surface area contributed by atoms with Crippen LogP contribution in [-0.4, -0.2) is 0 Å². The molecule has 0 heterocycles. The van der Waals surface area contributed by atoms with Crippen LogP contribution in [0.25, 0.3) is 0 Å². The van der Waals surface area contributed by atoms with Gasteiger partial charge < -0.3 is 5.73 Å². The SMILES string of the molecule is NC(Cc1cccc(Br)c1)c1ccc(Cl)cc1Br. The van der Waals surface area contributed by atoms with Gasteiger partial charge in [-0.05, 0) is 41.8 Å². The highest BCUT2D eigenvalue weighted by atomic mass is 79.9. The molecule has 2 N–H and O–H groups in total. The van der Waals surface area contributed by atoms with Crippen LogP contribution in [0.15, 0.2) is 51.4 Å². The summed E-state index contributed by atoms with van der Waals surface area (Å²) in [6, 6.07) is 13.8. The highest BCUT2D eigenvalue weighted by Gasteiger charge is 2.11. The van der Waals surface area contributed by atoms with Gasteiger partial charge in [-0.1, -0.05) is 61.7 Å². The van der Waals surface area contributed by atoms with Crippen molar-refractivity contribution in [2.75, 3.05) is 0 Å². The molecule has 0 amide bonds. The number of halogens is 3. The van der Waals surface area contributed by atoms with Crippen LogP contribution < -0.4 is 5.73 Å². The Labute approximate surface area is 129 Å². The Morgan fingerprint density at radius 3 is 2.56 bits per heavy atom. The summed E-state index contributed by atoms with van der Waals surface area (Å²) >= 11 is 12.9. The zero-order valence-electron chi connectivity index (χ0n) is 9.54. The lowest BCUT2D eigenvalue weighted by Gasteiger charge is -2.14. The van der Waals surface area contributed by atoms with Gasteiger partial charge in [0.2, 0.25) is 0 Å². The summed E-state index contributed by atoms with van der Waals surface area (Å²) in [6.07, 6.45) is 0.791. The van der Waals surface area contributed by atoms with Gasteiger partial charge in [-0.2, -0.15) is 0 Å². The lowest BCUT2D eigenvalue weighted by Crippen LogP contribution is -2.13. The zero-order valence-corrected chi connectivity index (χ0v) is 13.5. The van der Waals surface area contributed by atoms with Crippen LogP contribution in [0.1, 0.15) is 17.2 Å². The first-order valence-electron chi connectivity index (χ1n) is 5.51. The van der Waals surface area contributed by atoms with Crippen molar-refractivity contribution in [3.63, 3.8) is 0 Å². The largest absolute Gasteiger partial charge is 0.324 e. The third-order valence-corrected chi connectivity index (χ3v) is 4.12. The molecule has 1 unspecified atom stereocenters. The Morgan fingerprint density at radius 2 is 1.89 bits per heavy atom. The van der Waals surface area contributed by atoms with Gasteiger partial charge in [0.25, 0.3) is 0 Å². The fraction of sp³-hybridized carbons (Fsp3) is 0.143. The van der Waals surface area contributed by atoms with E-state index in [0.29, 0.717) is 5.02 Å². The number of hydrogen-bond donors (Lipinski definition) is 1. The van der Waals surface area contributed by atoms with E-state index in [1.54, 1.807) is 0 Å². The van der Waals surface area contributed by atoms with Crippen molar-refractivity contribution < 1.29 is 0 Å². The first-order valence-corrected chi connectivity index (χ1v) is 7.47. The Kier molecular flexibility index (Phi) is 4.84. The van der Waals surface area contributed by atoms with Gasteiger partial charge in [0.1, 0.15) is 0 Å². The summed E-state index contributed by atoms with van der Waals surface area (Å²) < 4.78 is 2.03. The van der Waals surface area contributed by atoms with E-state index in [0.717, 1.165) is 20.9 Å². The average Bonchev–Trinajstić information content (AvgIpc) is 2.28. The first-order chi connectivity index (χ1) is 8.56. The number of nitrogens with two attached hydrogens (primary N) is 1. The molecule has 1 atom stereocenters. The summed E-state index contributed by atoms with van der Waals surface area (Å²) in [5.41, 5.74) is 8.52. The second-order valence-corrected chi connectivity index (χ2v) is 6.31. The molecule has 0 aliphatic heterocycles. The van der Waals surface area contributed by atoms with Crippen LogP contribution in [0.5, 0.6) is 0 Å². The highest BCUT2D eigenvalue weighted by Crippen LogP contribution is 2.27. The van der Waals surface area contributed by atoms with Crippen molar-refractivity contribution in [3.8, 4) is 0 Å². The molecule has 0 saturated heterocycles. The van der Waals surface area contributed by atoms with Crippen molar-refractivity contribution in [2.45, 2.75) is 12.5 Å². The van der Waals surface area contributed by atoms with E-state index in [-0.39, 0.29) is 6.04 Å². The highest BCUT2D eigenvalue weighted by molar-refractivity contribution is 9.10. The zero-order chi connectivity index (χ0) is 13.1. The monoisotopic (exact) mass is 387 g/mol. The Bertz CT molecular complexity index is 557. The quantitative estimate of drug-likeness (QED) is 0.776. The van der Waals surface area contributed by atoms with Crippen LogP contribution in [0.2, 0.25) is 5.02 Å². The van der Waals surface area contributed by atoms with E-state index in [1.165, 1.54) is 5.56 Å². The van der Waals surface area contributed by atoms with Gasteiger partial charge in [0.15, 0.2) is 0 Å². The van der Waals surface area contributed by atoms with Gasteiger partial charge in [-0.25, -0.2) is 0 Å². The molecule has 0 aliphatic carbocycles. The topological polar surface area (TPSA) is 26.0 Å². The Hall–Kier alpha value is -0.350. The van der Waals surface area contributed by atoms with Crippen molar-refractivity contribution in [3.05, 3.63) is 67.6 Å². The van der Waals surface area contributed by atoms with Crippen molar-refractivity contribution in [1.29, 1.82) is 0 Å². The maximum atomic E-state index is 6.24. The number of benzene rings is 2. The molecular weight excluding hydrogens is 377 g/mol. The minimum atomic E-state index is -0.0501. The minimum Gasteiger partial charge on any atom is -0.324 e. The van der Waals surface area contributed by atoms with Crippen molar-refractivity contribution in [2.24, 2.45) is 5.73 Å². The van der Waals surface area contributed by atoms with Gasteiger partial charge in [0.05, 0.1) is 0 Å². The molecule has 4 heteroatoms. The number of hydrogen-bond acceptors (Lipinski definition) is 1. The fourth-order valence-corrected chi connectivity index (χ4v) is 3.25. The molecule has 2 aromatic carbocycles. The van der Waals surface area contributed by atoms with Crippen molar-refractivity contribution >= 4 is 43.5 Å². The maximum Gasteiger partial charge on any atom is 0.0417 e. The molecule has 2 rings (SSSR count). The average molecular weight is 390 g/mol. The van der Waals surface area contributed by atoms with E-state index >= 15 is 0 Å². The third kappa shape index (κ3) is 3.58. The molecule has 94 valence electrons. The first kappa shape index (κ1) is 14.1. The van der Waals surface area contributed by atoms with Crippen LogP contribution in [0.3, 0.4) is 0 Å². The Morgan fingerprint density at radius 1 is 1.11 bits per heavy atom. The summed E-state index contributed by atoms with van der Waals surface area (Å²) in [5.74, 6) is 0. The normalized spacial score (nSPS) is 12.4. The van der Waals surface area contributed by atoms with Crippen LogP contribution in [0.4, 0.5) is 0 Å². The molecule has 2 aromatic rings. The number of rotatable bonds is 3. The molecule has 0 saturated carbocycles. The van der Waals surface area contributed by atoms with E-state index in [9.17, 15) is 0 Å². The van der Waals surface area contributed by atoms with Gasteiger partial charge in [-0.3, -0.25) is 0 Å².